The first kappa shape index (κ1) is 19.3. The van der Waals surface area contributed by atoms with Gasteiger partial charge in [-0.2, -0.15) is 0 Å². The second-order valence-corrected chi connectivity index (χ2v) is 10.7. The Kier molecular flexibility index (Phi) is 5.62. The topological polar surface area (TPSA) is 46.5 Å². The second-order valence-electron chi connectivity index (χ2n) is 6.54. The highest BCUT2D eigenvalue weighted by molar-refractivity contribution is 8.38. The summed E-state index contributed by atoms with van der Waals surface area (Å²) in [6, 6.07) is 22.3. The molecule has 0 saturated carbocycles. The summed E-state index contributed by atoms with van der Waals surface area (Å²) in [7, 11) is -3.48. The lowest BCUT2D eigenvalue weighted by atomic mass is 10.2. The number of nitrogens with zero attached hydrogens (tertiary/aromatic N) is 1. The summed E-state index contributed by atoms with van der Waals surface area (Å²) in [5.41, 5.74) is 4.43. The van der Waals surface area contributed by atoms with Crippen LogP contribution < -0.4 is 0 Å². The zero-order valence-electron chi connectivity index (χ0n) is 15.3. The Balaban J connectivity index is 1.45. The molecule has 0 N–H and O–H groups in total. The van der Waals surface area contributed by atoms with E-state index in [0.717, 1.165) is 32.7 Å². The van der Waals surface area contributed by atoms with Gasteiger partial charge in [-0.15, -0.1) is 0 Å². The fourth-order valence-electron chi connectivity index (χ4n) is 2.85. The molecule has 0 aromatic heterocycles. The van der Waals surface area contributed by atoms with Crippen molar-refractivity contribution < 1.29 is 8.42 Å². The van der Waals surface area contributed by atoms with Gasteiger partial charge in [0, 0.05) is 11.5 Å². The number of benzene rings is 3. The molecule has 1 aliphatic heterocycles. The Hall–Kier alpha value is -2.02. The molecule has 4 rings (SSSR count). The fraction of sp³-hybridized carbons (Fsp3) is 0.136. The molecular formula is C22H19NO2S3. The minimum Gasteiger partial charge on any atom is -0.235 e. The SMILES string of the molecule is Cc1ccc(S(=O)(=O)c2ccc(CSC3=Nc4ccccc4CS3)cc2)cc1. The summed E-state index contributed by atoms with van der Waals surface area (Å²) < 4.78 is 26.6. The molecule has 0 bridgehead atoms. The van der Waals surface area contributed by atoms with Gasteiger partial charge in [0.05, 0.1) is 15.5 Å². The molecule has 1 heterocycles. The molecule has 3 nitrogen and oxygen atoms in total. The summed E-state index contributed by atoms with van der Waals surface area (Å²) in [4.78, 5) is 5.36. The van der Waals surface area contributed by atoms with Crippen molar-refractivity contribution in [3.8, 4) is 0 Å². The first-order valence-corrected chi connectivity index (χ1v) is 12.3. The molecule has 1 aliphatic rings. The number of aliphatic imine (C=N–C) groups is 1. The molecular weight excluding hydrogens is 406 g/mol. The maximum atomic E-state index is 12.8. The molecule has 3 aromatic carbocycles. The van der Waals surface area contributed by atoms with Crippen LogP contribution in [0.5, 0.6) is 0 Å². The highest BCUT2D eigenvalue weighted by Crippen LogP contribution is 2.35. The molecule has 142 valence electrons. The van der Waals surface area contributed by atoms with Crippen molar-refractivity contribution >= 4 is 43.4 Å². The lowest BCUT2D eigenvalue weighted by Gasteiger charge is -2.14. The summed E-state index contributed by atoms with van der Waals surface area (Å²) in [6.07, 6.45) is 0. The molecule has 0 aliphatic carbocycles. The average molecular weight is 426 g/mol. The molecule has 0 spiro atoms. The number of hydrogen-bond donors (Lipinski definition) is 0. The van der Waals surface area contributed by atoms with Crippen molar-refractivity contribution in [2.24, 2.45) is 4.99 Å². The smallest absolute Gasteiger partial charge is 0.206 e. The highest BCUT2D eigenvalue weighted by atomic mass is 32.2. The number of hydrogen-bond acceptors (Lipinski definition) is 5. The largest absolute Gasteiger partial charge is 0.235 e. The van der Waals surface area contributed by atoms with Gasteiger partial charge < -0.3 is 0 Å². The van der Waals surface area contributed by atoms with Crippen molar-refractivity contribution in [2.75, 3.05) is 0 Å². The van der Waals surface area contributed by atoms with Gasteiger partial charge in [-0.25, -0.2) is 13.4 Å². The van der Waals surface area contributed by atoms with E-state index in [9.17, 15) is 8.42 Å². The molecule has 0 amide bonds. The second kappa shape index (κ2) is 8.15. The fourth-order valence-corrected chi connectivity index (χ4v) is 6.13. The third-order valence-electron chi connectivity index (χ3n) is 4.48. The van der Waals surface area contributed by atoms with Crippen LogP contribution >= 0.6 is 23.5 Å². The van der Waals surface area contributed by atoms with Crippen molar-refractivity contribution in [1.82, 2.24) is 0 Å². The molecule has 0 saturated heterocycles. The number of sulfone groups is 1. The Bertz CT molecular complexity index is 1120. The molecule has 6 heteroatoms. The van der Waals surface area contributed by atoms with E-state index < -0.39 is 9.84 Å². The zero-order chi connectivity index (χ0) is 19.6. The zero-order valence-corrected chi connectivity index (χ0v) is 17.8. The molecule has 0 unspecified atom stereocenters. The lowest BCUT2D eigenvalue weighted by molar-refractivity contribution is 0.596. The van der Waals surface area contributed by atoms with E-state index in [2.05, 4.69) is 6.07 Å². The van der Waals surface area contributed by atoms with Crippen molar-refractivity contribution in [3.63, 3.8) is 0 Å². The van der Waals surface area contributed by atoms with E-state index in [1.165, 1.54) is 5.56 Å². The van der Waals surface area contributed by atoms with Gasteiger partial charge in [0.15, 0.2) is 0 Å². The van der Waals surface area contributed by atoms with Gasteiger partial charge in [-0.05, 0) is 48.4 Å². The van der Waals surface area contributed by atoms with E-state index in [0.29, 0.717) is 9.79 Å². The number of fused-ring (bicyclic) bond motifs is 1. The van der Waals surface area contributed by atoms with Gasteiger partial charge in [0.25, 0.3) is 0 Å². The maximum absolute atomic E-state index is 12.8. The van der Waals surface area contributed by atoms with Crippen molar-refractivity contribution in [2.45, 2.75) is 28.2 Å². The van der Waals surface area contributed by atoms with E-state index in [4.69, 9.17) is 4.99 Å². The maximum Gasteiger partial charge on any atom is 0.206 e. The summed E-state index contributed by atoms with van der Waals surface area (Å²) in [5, 5.41) is 0. The van der Waals surface area contributed by atoms with Gasteiger partial charge >= 0.3 is 0 Å². The molecule has 0 radical (unpaired) electrons. The number of rotatable bonds is 4. The Morgan fingerprint density at radius 2 is 1.57 bits per heavy atom. The summed E-state index contributed by atoms with van der Waals surface area (Å²) in [5.74, 6) is 1.70. The molecule has 3 aromatic rings. The minimum absolute atomic E-state index is 0.323. The normalized spacial score (nSPS) is 13.7. The average Bonchev–Trinajstić information content (AvgIpc) is 2.73. The quantitative estimate of drug-likeness (QED) is 0.515. The van der Waals surface area contributed by atoms with Crippen LogP contribution in [0, 0.1) is 6.92 Å². The van der Waals surface area contributed by atoms with Crippen LogP contribution in [-0.4, -0.2) is 12.8 Å². The minimum atomic E-state index is -3.48. The molecule has 28 heavy (non-hydrogen) atoms. The highest BCUT2D eigenvalue weighted by Gasteiger charge is 2.17. The number of aryl methyl sites for hydroxylation is 1. The standard InChI is InChI=1S/C22H19NO2S3/c1-16-6-10-19(11-7-16)28(24,25)20-12-8-17(9-13-20)14-26-22-23-21-5-3-2-4-18(21)15-27-22/h2-13H,14-15H2,1H3. The van der Waals surface area contributed by atoms with E-state index in [1.807, 2.05) is 49.4 Å². The first-order valence-electron chi connectivity index (χ1n) is 8.85. The van der Waals surface area contributed by atoms with Crippen LogP contribution in [0.25, 0.3) is 0 Å². The van der Waals surface area contributed by atoms with Crippen LogP contribution in [0.15, 0.2) is 87.6 Å². The predicted molar refractivity (Wildman–Crippen MR) is 119 cm³/mol. The van der Waals surface area contributed by atoms with Crippen molar-refractivity contribution in [3.05, 3.63) is 89.5 Å². The van der Waals surface area contributed by atoms with Crippen molar-refractivity contribution in [1.29, 1.82) is 0 Å². The third-order valence-corrected chi connectivity index (χ3v) is 8.58. The van der Waals surface area contributed by atoms with E-state index in [-0.39, 0.29) is 0 Å². The Morgan fingerprint density at radius 3 is 2.29 bits per heavy atom. The Morgan fingerprint density at radius 1 is 0.929 bits per heavy atom. The molecule has 0 fully saturated rings. The van der Waals surface area contributed by atoms with E-state index >= 15 is 0 Å². The number of para-hydroxylation sites is 1. The third kappa shape index (κ3) is 4.19. The summed E-state index contributed by atoms with van der Waals surface area (Å²) >= 11 is 3.44. The van der Waals surface area contributed by atoms with Gasteiger partial charge in [0.2, 0.25) is 9.84 Å². The van der Waals surface area contributed by atoms with Gasteiger partial charge in [0.1, 0.15) is 4.38 Å². The van der Waals surface area contributed by atoms with Crippen LogP contribution in [0.4, 0.5) is 5.69 Å². The Labute approximate surface area is 174 Å². The lowest BCUT2D eigenvalue weighted by Crippen LogP contribution is -2.02. The predicted octanol–water partition coefficient (Wildman–Crippen LogP) is 6.00. The van der Waals surface area contributed by atoms with Crippen LogP contribution in [-0.2, 0) is 21.3 Å². The monoisotopic (exact) mass is 425 g/mol. The number of thioether (sulfide) groups is 2. The summed E-state index contributed by atoms with van der Waals surface area (Å²) in [6.45, 7) is 1.94. The van der Waals surface area contributed by atoms with Crippen LogP contribution in [0.3, 0.4) is 0 Å². The van der Waals surface area contributed by atoms with Gasteiger partial charge in [-0.3, -0.25) is 0 Å². The van der Waals surface area contributed by atoms with Crippen LogP contribution in [0.1, 0.15) is 16.7 Å². The molecule has 0 atom stereocenters. The van der Waals surface area contributed by atoms with Gasteiger partial charge in [-0.1, -0.05) is 71.6 Å². The van der Waals surface area contributed by atoms with Crippen LogP contribution in [0.2, 0.25) is 0 Å². The first-order chi connectivity index (χ1) is 13.5. The van der Waals surface area contributed by atoms with E-state index in [1.54, 1.807) is 47.8 Å².